The van der Waals surface area contributed by atoms with Crippen LogP contribution in [-0.2, 0) is 0 Å². The SMILES string of the molecule is CC1(C)C(N)C1c1c(F)cccc1Br. The van der Waals surface area contributed by atoms with E-state index >= 15 is 0 Å². The van der Waals surface area contributed by atoms with Gasteiger partial charge in [-0.3, -0.25) is 0 Å². The Bertz CT molecular complexity index is 355. The second-order valence-corrected chi connectivity index (χ2v) is 5.31. The summed E-state index contributed by atoms with van der Waals surface area (Å²) in [4.78, 5) is 0. The van der Waals surface area contributed by atoms with Gasteiger partial charge in [-0.05, 0) is 17.5 Å². The molecule has 14 heavy (non-hydrogen) atoms. The van der Waals surface area contributed by atoms with Gasteiger partial charge in [-0.15, -0.1) is 0 Å². The second kappa shape index (κ2) is 3.04. The van der Waals surface area contributed by atoms with Crippen molar-refractivity contribution in [1.29, 1.82) is 0 Å². The van der Waals surface area contributed by atoms with Crippen molar-refractivity contribution >= 4 is 15.9 Å². The van der Waals surface area contributed by atoms with Crippen LogP contribution in [0.2, 0.25) is 0 Å². The summed E-state index contributed by atoms with van der Waals surface area (Å²) in [5.41, 5.74) is 6.67. The second-order valence-electron chi connectivity index (χ2n) is 4.46. The van der Waals surface area contributed by atoms with Gasteiger partial charge in [-0.25, -0.2) is 4.39 Å². The minimum absolute atomic E-state index is 0.0186. The predicted octanol–water partition coefficient (Wildman–Crippen LogP) is 3.04. The van der Waals surface area contributed by atoms with E-state index in [1.165, 1.54) is 6.07 Å². The van der Waals surface area contributed by atoms with Crippen molar-refractivity contribution in [2.45, 2.75) is 25.8 Å². The third kappa shape index (κ3) is 1.30. The lowest BCUT2D eigenvalue weighted by Crippen LogP contribution is -2.06. The van der Waals surface area contributed by atoms with Gasteiger partial charge < -0.3 is 5.73 Å². The van der Waals surface area contributed by atoms with Crippen LogP contribution in [0.1, 0.15) is 25.3 Å². The van der Waals surface area contributed by atoms with E-state index < -0.39 is 0 Å². The Morgan fingerprint density at radius 1 is 1.43 bits per heavy atom. The van der Waals surface area contributed by atoms with Gasteiger partial charge in [0.1, 0.15) is 5.82 Å². The lowest BCUT2D eigenvalue weighted by molar-refractivity contribution is 0.570. The fourth-order valence-electron chi connectivity index (χ4n) is 2.04. The summed E-state index contributed by atoms with van der Waals surface area (Å²) in [5.74, 6) is -0.0246. The summed E-state index contributed by atoms with van der Waals surface area (Å²) in [6.07, 6.45) is 0. The number of hydrogen-bond donors (Lipinski definition) is 1. The fourth-order valence-corrected chi connectivity index (χ4v) is 2.63. The summed E-state index contributed by atoms with van der Waals surface area (Å²) in [6.45, 7) is 4.14. The zero-order valence-electron chi connectivity index (χ0n) is 8.22. The highest BCUT2D eigenvalue weighted by Gasteiger charge is 2.57. The minimum Gasteiger partial charge on any atom is -0.327 e. The summed E-state index contributed by atoms with van der Waals surface area (Å²) >= 11 is 3.37. The summed E-state index contributed by atoms with van der Waals surface area (Å²) in [6, 6.07) is 5.11. The maximum Gasteiger partial charge on any atom is 0.127 e. The number of nitrogens with two attached hydrogens (primary N) is 1. The van der Waals surface area contributed by atoms with E-state index in [0.29, 0.717) is 0 Å². The highest BCUT2D eigenvalue weighted by Crippen LogP contribution is 2.59. The van der Waals surface area contributed by atoms with Crippen LogP contribution in [0, 0.1) is 11.2 Å². The van der Waals surface area contributed by atoms with Gasteiger partial charge in [0.2, 0.25) is 0 Å². The lowest BCUT2D eigenvalue weighted by Gasteiger charge is -2.06. The van der Waals surface area contributed by atoms with E-state index in [2.05, 4.69) is 29.8 Å². The van der Waals surface area contributed by atoms with Crippen LogP contribution >= 0.6 is 15.9 Å². The van der Waals surface area contributed by atoms with Gasteiger partial charge in [0.15, 0.2) is 0 Å². The molecule has 0 spiro atoms. The zero-order valence-corrected chi connectivity index (χ0v) is 9.81. The van der Waals surface area contributed by atoms with Crippen molar-refractivity contribution < 1.29 is 4.39 Å². The van der Waals surface area contributed by atoms with Crippen LogP contribution in [0.5, 0.6) is 0 Å². The number of hydrogen-bond acceptors (Lipinski definition) is 1. The maximum absolute atomic E-state index is 13.6. The van der Waals surface area contributed by atoms with E-state index in [1.807, 2.05) is 6.07 Å². The van der Waals surface area contributed by atoms with Crippen LogP contribution in [0.15, 0.2) is 22.7 Å². The van der Waals surface area contributed by atoms with E-state index in [4.69, 9.17) is 5.73 Å². The predicted molar refractivity (Wildman–Crippen MR) is 58.6 cm³/mol. The molecule has 2 atom stereocenters. The van der Waals surface area contributed by atoms with Gasteiger partial charge in [0.05, 0.1) is 0 Å². The van der Waals surface area contributed by atoms with Crippen molar-refractivity contribution in [2.75, 3.05) is 0 Å². The molecular formula is C11H13BrFN. The standard InChI is InChI=1S/C11H13BrFN/c1-11(2)9(10(11)14)8-6(12)4-3-5-7(8)13/h3-5,9-10H,14H2,1-2H3. The Kier molecular flexibility index (Phi) is 2.20. The van der Waals surface area contributed by atoms with Crippen LogP contribution in [0.25, 0.3) is 0 Å². The highest BCUT2D eigenvalue weighted by atomic mass is 79.9. The van der Waals surface area contributed by atoms with Crippen molar-refractivity contribution in [3.05, 3.63) is 34.1 Å². The third-order valence-electron chi connectivity index (χ3n) is 3.22. The van der Waals surface area contributed by atoms with Gasteiger partial charge >= 0.3 is 0 Å². The molecule has 0 aliphatic heterocycles. The quantitative estimate of drug-likeness (QED) is 0.823. The van der Waals surface area contributed by atoms with E-state index in [-0.39, 0.29) is 23.2 Å². The van der Waals surface area contributed by atoms with Crippen LogP contribution < -0.4 is 5.73 Å². The van der Waals surface area contributed by atoms with Crippen molar-refractivity contribution in [3.8, 4) is 0 Å². The minimum atomic E-state index is -0.162. The molecular weight excluding hydrogens is 245 g/mol. The molecule has 0 amide bonds. The van der Waals surface area contributed by atoms with Gasteiger partial charge in [-0.1, -0.05) is 35.8 Å². The Balaban J connectivity index is 2.44. The average Bonchev–Trinajstić information content (AvgIpc) is 2.54. The van der Waals surface area contributed by atoms with E-state index in [0.717, 1.165) is 10.0 Å². The fraction of sp³-hybridized carbons (Fsp3) is 0.455. The number of halogens is 2. The average molecular weight is 258 g/mol. The van der Waals surface area contributed by atoms with Crippen LogP contribution in [0.3, 0.4) is 0 Å². The third-order valence-corrected chi connectivity index (χ3v) is 3.91. The van der Waals surface area contributed by atoms with Gasteiger partial charge in [-0.2, -0.15) is 0 Å². The number of benzene rings is 1. The zero-order chi connectivity index (χ0) is 10.5. The molecule has 0 saturated heterocycles. The first-order valence-electron chi connectivity index (χ1n) is 4.65. The Morgan fingerprint density at radius 2 is 2.00 bits per heavy atom. The molecule has 1 aromatic rings. The normalized spacial score (nSPS) is 28.9. The molecule has 0 radical (unpaired) electrons. The molecule has 1 aromatic carbocycles. The monoisotopic (exact) mass is 257 g/mol. The Labute approximate surface area is 91.6 Å². The maximum atomic E-state index is 13.6. The summed E-state index contributed by atoms with van der Waals surface area (Å²) in [7, 11) is 0. The molecule has 2 rings (SSSR count). The van der Waals surface area contributed by atoms with Gasteiger partial charge in [0, 0.05) is 22.0 Å². The molecule has 1 aliphatic rings. The molecule has 2 N–H and O–H groups in total. The molecule has 0 bridgehead atoms. The first kappa shape index (κ1) is 10.1. The molecule has 0 heterocycles. The Morgan fingerprint density at radius 3 is 2.43 bits per heavy atom. The molecule has 1 aliphatic carbocycles. The molecule has 1 nitrogen and oxygen atoms in total. The topological polar surface area (TPSA) is 26.0 Å². The van der Waals surface area contributed by atoms with Crippen LogP contribution in [0.4, 0.5) is 4.39 Å². The lowest BCUT2D eigenvalue weighted by atomic mass is 10.0. The van der Waals surface area contributed by atoms with Crippen molar-refractivity contribution in [2.24, 2.45) is 11.1 Å². The van der Waals surface area contributed by atoms with Crippen molar-refractivity contribution in [3.63, 3.8) is 0 Å². The molecule has 2 unspecified atom stereocenters. The first-order valence-corrected chi connectivity index (χ1v) is 5.45. The van der Waals surface area contributed by atoms with E-state index in [9.17, 15) is 4.39 Å². The summed E-state index contributed by atoms with van der Waals surface area (Å²) < 4.78 is 14.4. The first-order chi connectivity index (χ1) is 6.46. The largest absolute Gasteiger partial charge is 0.327 e. The van der Waals surface area contributed by atoms with Crippen molar-refractivity contribution in [1.82, 2.24) is 0 Å². The molecule has 1 saturated carbocycles. The van der Waals surface area contributed by atoms with Gasteiger partial charge in [0.25, 0.3) is 0 Å². The molecule has 1 fully saturated rings. The Hall–Kier alpha value is -0.410. The van der Waals surface area contributed by atoms with E-state index in [1.54, 1.807) is 6.07 Å². The summed E-state index contributed by atoms with van der Waals surface area (Å²) in [5, 5.41) is 0. The highest BCUT2D eigenvalue weighted by molar-refractivity contribution is 9.10. The van der Waals surface area contributed by atoms with Crippen LogP contribution in [-0.4, -0.2) is 6.04 Å². The number of rotatable bonds is 1. The molecule has 76 valence electrons. The molecule has 0 aromatic heterocycles. The molecule has 3 heteroatoms. The smallest absolute Gasteiger partial charge is 0.127 e.